The highest BCUT2D eigenvalue weighted by molar-refractivity contribution is 5.69. The molecule has 0 aliphatic heterocycles. The van der Waals surface area contributed by atoms with Gasteiger partial charge in [0.05, 0.1) is 6.10 Å². The molecular weight excluding hydrogens is 284 g/mol. The summed E-state index contributed by atoms with van der Waals surface area (Å²) in [4.78, 5) is 21.6. The number of carboxylic acid groups (broad SMARTS) is 1. The van der Waals surface area contributed by atoms with Gasteiger partial charge in [-0.3, -0.25) is 9.59 Å². The van der Waals surface area contributed by atoms with E-state index in [1.807, 2.05) is 0 Å². The Morgan fingerprint density at radius 2 is 1.48 bits per heavy atom. The predicted octanol–water partition coefficient (Wildman–Crippen LogP) is -0.972. The molecule has 124 valence electrons. The third kappa shape index (κ3) is 8.61. The highest BCUT2D eigenvalue weighted by Crippen LogP contribution is 2.09. The number of carbonyl (C=O) groups is 2. The molecule has 4 atom stereocenters. The molecule has 0 aliphatic carbocycles. The maximum atomic E-state index is 11.3. The van der Waals surface area contributed by atoms with Crippen LogP contribution >= 0.6 is 0 Å². The number of carboxylic acids is 1. The number of hydrogen-bond acceptors (Lipinski definition) is 7. The third-order valence-electron chi connectivity index (χ3n) is 2.99. The number of aliphatic hydroxyl groups excluding tert-OH is 4. The lowest BCUT2D eigenvalue weighted by Gasteiger charge is -2.25. The molecule has 0 aromatic rings. The molecule has 8 heteroatoms. The van der Waals surface area contributed by atoms with Gasteiger partial charge in [0.1, 0.15) is 24.9 Å². The first-order valence-corrected chi connectivity index (χ1v) is 6.89. The van der Waals surface area contributed by atoms with Gasteiger partial charge in [0.2, 0.25) is 0 Å². The van der Waals surface area contributed by atoms with Crippen molar-refractivity contribution < 1.29 is 39.9 Å². The number of unbranched alkanes of at least 4 members (excludes halogenated alkanes) is 1. The van der Waals surface area contributed by atoms with E-state index >= 15 is 0 Å². The fourth-order valence-corrected chi connectivity index (χ4v) is 1.59. The topological polar surface area (TPSA) is 145 Å². The van der Waals surface area contributed by atoms with Gasteiger partial charge < -0.3 is 30.3 Å². The van der Waals surface area contributed by atoms with E-state index in [9.17, 15) is 30.0 Å². The Hall–Kier alpha value is -1.22. The van der Waals surface area contributed by atoms with Crippen LogP contribution in [0.5, 0.6) is 0 Å². The van der Waals surface area contributed by atoms with E-state index in [0.717, 1.165) is 0 Å². The number of esters is 1. The van der Waals surface area contributed by atoms with Crippen molar-refractivity contribution >= 4 is 11.9 Å². The Kier molecular flexibility index (Phi) is 9.89. The van der Waals surface area contributed by atoms with Crippen LogP contribution in [0.2, 0.25) is 0 Å². The second-order valence-corrected chi connectivity index (χ2v) is 4.81. The van der Waals surface area contributed by atoms with Crippen molar-refractivity contribution in [1.82, 2.24) is 0 Å². The zero-order chi connectivity index (χ0) is 16.4. The lowest BCUT2D eigenvalue weighted by Crippen LogP contribution is -2.46. The molecule has 0 unspecified atom stereocenters. The van der Waals surface area contributed by atoms with Gasteiger partial charge in [-0.05, 0) is 19.3 Å². The molecule has 0 aromatic heterocycles. The Balaban J connectivity index is 3.93. The van der Waals surface area contributed by atoms with Crippen LogP contribution in [-0.2, 0) is 14.3 Å². The number of ether oxygens (including phenoxy) is 1. The summed E-state index contributed by atoms with van der Waals surface area (Å²) < 4.78 is 4.71. The largest absolute Gasteiger partial charge is 0.481 e. The monoisotopic (exact) mass is 308 g/mol. The van der Waals surface area contributed by atoms with E-state index in [4.69, 9.17) is 9.84 Å². The molecule has 0 heterocycles. The van der Waals surface area contributed by atoms with E-state index < -0.39 is 43.0 Å². The first kappa shape index (κ1) is 19.8. The van der Waals surface area contributed by atoms with Crippen LogP contribution in [0.3, 0.4) is 0 Å². The number of rotatable bonds is 11. The summed E-state index contributed by atoms with van der Waals surface area (Å²) in [6, 6.07) is 0. The van der Waals surface area contributed by atoms with Gasteiger partial charge in [-0.2, -0.15) is 0 Å². The minimum atomic E-state index is -1.63. The third-order valence-corrected chi connectivity index (χ3v) is 2.99. The van der Waals surface area contributed by atoms with Crippen molar-refractivity contribution in [3.8, 4) is 0 Å². The molecule has 0 amide bonds. The first-order valence-electron chi connectivity index (χ1n) is 6.89. The normalized spacial score (nSPS) is 16.8. The average molecular weight is 308 g/mol. The summed E-state index contributed by atoms with van der Waals surface area (Å²) in [7, 11) is 0. The van der Waals surface area contributed by atoms with E-state index in [-0.39, 0.29) is 19.3 Å². The van der Waals surface area contributed by atoms with Crippen LogP contribution in [-0.4, -0.2) is 68.5 Å². The number of hydrogen-bond donors (Lipinski definition) is 5. The van der Waals surface area contributed by atoms with Gasteiger partial charge in [-0.1, -0.05) is 6.92 Å². The summed E-state index contributed by atoms with van der Waals surface area (Å²) in [6.45, 7) is 1.09. The van der Waals surface area contributed by atoms with Gasteiger partial charge in [-0.15, -0.1) is 0 Å². The van der Waals surface area contributed by atoms with Crippen molar-refractivity contribution in [3.05, 3.63) is 0 Å². The number of carbonyl (C=O) groups excluding carboxylic acids is 1. The lowest BCUT2D eigenvalue weighted by atomic mass is 10.0. The van der Waals surface area contributed by atoms with Gasteiger partial charge in [0, 0.05) is 12.8 Å². The Morgan fingerprint density at radius 3 is 2.00 bits per heavy atom. The van der Waals surface area contributed by atoms with Crippen molar-refractivity contribution in [2.75, 3.05) is 6.61 Å². The molecule has 0 fully saturated rings. The van der Waals surface area contributed by atoms with Gasteiger partial charge in [0.25, 0.3) is 0 Å². The molecule has 5 N–H and O–H groups in total. The lowest BCUT2D eigenvalue weighted by molar-refractivity contribution is -0.155. The molecule has 0 rings (SSSR count). The molecule has 8 nitrogen and oxygen atoms in total. The predicted molar refractivity (Wildman–Crippen MR) is 71.4 cm³/mol. The van der Waals surface area contributed by atoms with E-state index in [0.29, 0.717) is 12.8 Å². The summed E-state index contributed by atoms with van der Waals surface area (Å²) in [5, 5.41) is 46.3. The molecule has 0 spiro atoms. The fourth-order valence-electron chi connectivity index (χ4n) is 1.59. The van der Waals surface area contributed by atoms with Crippen LogP contribution in [0.15, 0.2) is 0 Å². The van der Waals surface area contributed by atoms with E-state index in [2.05, 4.69) is 0 Å². The van der Waals surface area contributed by atoms with Crippen molar-refractivity contribution in [1.29, 1.82) is 0 Å². The number of aliphatic carboxylic acids is 1. The second kappa shape index (κ2) is 10.5. The van der Waals surface area contributed by atoms with Gasteiger partial charge in [0.15, 0.2) is 0 Å². The highest BCUT2D eigenvalue weighted by Gasteiger charge is 2.30. The summed E-state index contributed by atoms with van der Waals surface area (Å²) >= 11 is 0. The second-order valence-electron chi connectivity index (χ2n) is 4.81. The fraction of sp³-hybridized carbons (Fsp3) is 0.846. The van der Waals surface area contributed by atoms with Crippen LogP contribution in [0, 0.1) is 0 Å². The van der Waals surface area contributed by atoms with Crippen molar-refractivity contribution in [2.45, 2.75) is 63.4 Å². The van der Waals surface area contributed by atoms with Crippen LogP contribution in [0.1, 0.15) is 39.0 Å². The van der Waals surface area contributed by atoms with Gasteiger partial charge in [-0.25, -0.2) is 0 Å². The Morgan fingerprint density at radius 1 is 0.952 bits per heavy atom. The molecular formula is C13H24O8. The summed E-state index contributed by atoms with van der Waals surface area (Å²) in [5.41, 5.74) is 0. The minimum absolute atomic E-state index is 0.0102. The summed E-state index contributed by atoms with van der Waals surface area (Å²) in [6.07, 6.45) is -4.97. The van der Waals surface area contributed by atoms with E-state index in [1.165, 1.54) is 0 Å². The van der Waals surface area contributed by atoms with E-state index in [1.54, 1.807) is 6.92 Å². The minimum Gasteiger partial charge on any atom is -0.481 e. The van der Waals surface area contributed by atoms with Crippen molar-refractivity contribution in [3.63, 3.8) is 0 Å². The Labute approximate surface area is 123 Å². The molecule has 0 aliphatic rings. The zero-order valence-corrected chi connectivity index (χ0v) is 12.0. The maximum Gasteiger partial charge on any atom is 0.305 e. The zero-order valence-electron chi connectivity index (χ0n) is 12.0. The summed E-state index contributed by atoms with van der Waals surface area (Å²) in [5.74, 6) is -1.57. The molecule has 21 heavy (non-hydrogen) atoms. The molecule has 0 bridgehead atoms. The molecule has 0 radical (unpaired) electrons. The Bertz CT molecular complexity index is 319. The van der Waals surface area contributed by atoms with Crippen LogP contribution < -0.4 is 0 Å². The maximum absolute atomic E-state index is 11.3. The standard InChI is InChI=1S/C13H24O8/c1-2-8(14)12(19)13(20)9(15)7-21-11(18)6-4-3-5-10(16)17/h8-9,12-15,19-20H,2-7H2,1H3,(H,16,17)/t8-,9-,12-,13-/m1/s1. The molecule has 0 saturated carbocycles. The van der Waals surface area contributed by atoms with Crippen LogP contribution in [0.4, 0.5) is 0 Å². The highest BCUT2D eigenvalue weighted by atomic mass is 16.5. The quantitative estimate of drug-likeness (QED) is 0.242. The molecule has 0 saturated heterocycles. The van der Waals surface area contributed by atoms with Crippen LogP contribution in [0.25, 0.3) is 0 Å². The number of aliphatic hydroxyl groups is 4. The average Bonchev–Trinajstić information content (AvgIpc) is 2.46. The first-order chi connectivity index (χ1) is 9.79. The van der Waals surface area contributed by atoms with Gasteiger partial charge >= 0.3 is 11.9 Å². The smallest absolute Gasteiger partial charge is 0.305 e. The molecule has 0 aromatic carbocycles. The SMILES string of the molecule is CC[C@@H](O)[C@@H](O)[C@H](O)[C@H](O)COC(=O)CCCCC(=O)O. The van der Waals surface area contributed by atoms with Crippen molar-refractivity contribution in [2.24, 2.45) is 0 Å².